The number of hydrogen-bond acceptors (Lipinski definition) is 0. The molecule has 0 amide bonds. The maximum Gasteiger partial charge on any atom is -0.00206 e. The fourth-order valence-corrected chi connectivity index (χ4v) is 10.2. The van der Waals surface area contributed by atoms with Gasteiger partial charge in [0.1, 0.15) is 0 Å². The van der Waals surface area contributed by atoms with Gasteiger partial charge in [0.05, 0.1) is 0 Å². The van der Waals surface area contributed by atoms with Crippen LogP contribution in [0.1, 0.15) is 52.7 Å². The van der Waals surface area contributed by atoms with Crippen LogP contribution in [0.5, 0.6) is 0 Å². The lowest BCUT2D eigenvalue weighted by atomic mass is 9.82. The van der Waals surface area contributed by atoms with Crippen LogP contribution in [-0.2, 0) is 10.8 Å². The van der Waals surface area contributed by atoms with E-state index in [1.165, 1.54) is 131 Å². The molecule has 0 heteroatoms. The van der Waals surface area contributed by atoms with Gasteiger partial charge in [0.2, 0.25) is 0 Å². The molecule has 1 aliphatic carbocycles. The van der Waals surface area contributed by atoms with Crippen LogP contribution in [0.3, 0.4) is 0 Å². The molecule has 0 bridgehead atoms. The molecule has 0 spiro atoms. The van der Waals surface area contributed by atoms with Crippen LogP contribution >= 0.6 is 0 Å². The molecule has 0 nitrogen and oxygen atoms in total. The highest BCUT2D eigenvalue weighted by atomic mass is 14.3. The van der Waals surface area contributed by atoms with Gasteiger partial charge in [0.15, 0.2) is 0 Å². The van der Waals surface area contributed by atoms with E-state index in [1.54, 1.807) is 0 Å². The Balaban J connectivity index is 1.11. The number of benzene rings is 11. The Morgan fingerprint density at radius 1 is 0.268 bits per heavy atom. The van der Waals surface area contributed by atoms with Crippen molar-refractivity contribution in [2.45, 2.75) is 52.4 Å². The molecule has 56 heavy (non-hydrogen) atoms. The van der Waals surface area contributed by atoms with Crippen molar-refractivity contribution >= 4 is 75.4 Å². The second kappa shape index (κ2) is 10.7. The summed E-state index contributed by atoms with van der Waals surface area (Å²) >= 11 is 0. The number of hydrogen-bond donors (Lipinski definition) is 0. The van der Waals surface area contributed by atoms with Gasteiger partial charge < -0.3 is 0 Å². The SMILES string of the molecule is CC(C)(C)c1cc2ccc3ccc(-c4cc5c6c(cc(-c7ccc8ccc9cc(C(C)(C)C)cc%10ccc7c8c9%10)cc6c4)-c4ccccc4-5)c4ccc(c1)c2c34. The monoisotopic (exact) mass is 714 g/mol. The Labute approximate surface area is 327 Å². The van der Waals surface area contributed by atoms with E-state index in [0.29, 0.717) is 0 Å². The molecule has 0 radical (unpaired) electrons. The van der Waals surface area contributed by atoms with E-state index in [-0.39, 0.29) is 10.8 Å². The van der Waals surface area contributed by atoms with Gasteiger partial charge in [-0.3, -0.25) is 0 Å². The largest absolute Gasteiger partial charge is 0.0616 e. The fourth-order valence-electron chi connectivity index (χ4n) is 10.2. The summed E-state index contributed by atoms with van der Waals surface area (Å²) in [4.78, 5) is 0. The van der Waals surface area contributed by atoms with Crippen molar-refractivity contribution in [3.05, 3.63) is 157 Å². The lowest BCUT2D eigenvalue weighted by molar-refractivity contribution is 0.591. The Morgan fingerprint density at radius 2 is 0.643 bits per heavy atom. The average molecular weight is 715 g/mol. The molecule has 0 saturated carbocycles. The maximum atomic E-state index is 2.46. The summed E-state index contributed by atoms with van der Waals surface area (Å²) in [5, 5.41) is 18.7. The van der Waals surface area contributed by atoms with Gasteiger partial charge in [0.25, 0.3) is 0 Å². The molecule has 0 aliphatic heterocycles. The van der Waals surface area contributed by atoms with Crippen molar-refractivity contribution in [3.63, 3.8) is 0 Å². The molecule has 0 saturated heterocycles. The molecule has 1 aliphatic rings. The standard InChI is InChI=1S/C56H42/c1-55(2,3)40-25-33-13-11-31-15-19-42(46-21-17-35(27-40)50(33)53(31)46)37-23-39-24-38(30-49-45-10-8-7-9-44(45)48(29-37)52(39)49)43-20-16-32-12-14-34-26-41(56(4,5)6)28-36-18-22-47(43)54(32)51(34)36/h7-30H,1-6H3. The van der Waals surface area contributed by atoms with E-state index in [4.69, 9.17) is 0 Å². The normalized spacial score (nSPS) is 13.2. The first kappa shape index (κ1) is 32.0. The first-order chi connectivity index (χ1) is 27.0. The molecule has 0 unspecified atom stereocenters. The van der Waals surface area contributed by atoms with Crippen molar-refractivity contribution < 1.29 is 0 Å². The number of rotatable bonds is 2. The van der Waals surface area contributed by atoms with Crippen LogP contribution in [0.2, 0.25) is 0 Å². The summed E-state index contributed by atoms with van der Waals surface area (Å²) in [6.45, 7) is 13.9. The molecule has 11 aromatic carbocycles. The summed E-state index contributed by atoms with van der Waals surface area (Å²) in [5.41, 5.74) is 13.4. The molecule has 11 aromatic rings. The van der Waals surface area contributed by atoms with Gasteiger partial charge in [-0.05, 0) is 166 Å². The third-order valence-corrected chi connectivity index (χ3v) is 13.1. The summed E-state index contributed by atoms with van der Waals surface area (Å²) in [6, 6.07) is 56.6. The van der Waals surface area contributed by atoms with Gasteiger partial charge >= 0.3 is 0 Å². The molecule has 0 heterocycles. The third-order valence-electron chi connectivity index (χ3n) is 13.1. The van der Waals surface area contributed by atoms with E-state index in [0.717, 1.165) is 0 Å². The minimum atomic E-state index is 0.0884. The second-order valence-electron chi connectivity index (χ2n) is 18.6. The average Bonchev–Trinajstić information content (AvgIpc) is 3.51. The fraction of sp³-hybridized carbons (Fsp3) is 0.143. The van der Waals surface area contributed by atoms with E-state index in [9.17, 15) is 0 Å². The van der Waals surface area contributed by atoms with Gasteiger partial charge in [-0.15, -0.1) is 0 Å². The molecule has 0 N–H and O–H groups in total. The van der Waals surface area contributed by atoms with Crippen LogP contribution in [0, 0.1) is 0 Å². The van der Waals surface area contributed by atoms with Gasteiger partial charge in [0, 0.05) is 0 Å². The summed E-state index contributed by atoms with van der Waals surface area (Å²) < 4.78 is 0. The Hall–Kier alpha value is -6.24. The van der Waals surface area contributed by atoms with Crippen LogP contribution in [-0.4, -0.2) is 0 Å². The van der Waals surface area contributed by atoms with E-state index < -0.39 is 0 Å². The zero-order chi connectivity index (χ0) is 37.8. The lowest BCUT2D eigenvalue weighted by Gasteiger charge is -2.22. The van der Waals surface area contributed by atoms with Crippen LogP contribution < -0.4 is 0 Å². The quantitative estimate of drug-likeness (QED) is 0.156. The van der Waals surface area contributed by atoms with Crippen LogP contribution in [0.15, 0.2) is 146 Å². The first-order valence-electron chi connectivity index (χ1n) is 20.2. The highest BCUT2D eigenvalue weighted by Crippen LogP contribution is 2.52. The topological polar surface area (TPSA) is 0 Å². The van der Waals surface area contributed by atoms with E-state index in [2.05, 4.69) is 187 Å². The van der Waals surface area contributed by atoms with Crippen molar-refractivity contribution in [1.82, 2.24) is 0 Å². The minimum absolute atomic E-state index is 0.0884. The van der Waals surface area contributed by atoms with Gasteiger partial charge in [-0.25, -0.2) is 0 Å². The van der Waals surface area contributed by atoms with Gasteiger partial charge in [-0.2, -0.15) is 0 Å². The zero-order valence-corrected chi connectivity index (χ0v) is 32.9. The Kier molecular flexibility index (Phi) is 6.15. The Bertz CT molecular complexity index is 3200. The van der Waals surface area contributed by atoms with Crippen molar-refractivity contribution in [2.24, 2.45) is 0 Å². The van der Waals surface area contributed by atoms with E-state index in [1.807, 2.05) is 0 Å². The summed E-state index contributed by atoms with van der Waals surface area (Å²) in [6.07, 6.45) is 0. The molecule has 0 atom stereocenters. The van der Waals surface area contributed by atoms with Crippen molar-refractivity contribution in [1.29, 1.82) is 0 Å². The van der Waals surface area contributed by atoms with Gasteiger partial charge in [-0.1, -0.05) is 163 Å². The molecular weight excluding hydrogens is 673 g/mol. The van der Waals surface area contributed by atoms with Crippen molar-refractivity contribution in [2.75, 3.05) is 0 Å². The third kappa shape index (κ3) is 4.36. The summed E-state index contributed by atoms with van der Waals surface area (Å²) in [5.74, 6) is 0. The summed E-state index contributed by atoms with van der Waals surface area (Å²) in [7, 11) is 0. The molecule has 266 valence electrons. The van der Waals surface area contributed by atoms with E-state index >= 15 is 0 Å². The van der Waals surface area contributed by atoms with Crippen molar-refractivity contribution in [3.8, 4) is 44.5 Å². The molecule has 0 fully saturated rings. The molecule has 12 rings (SSSR count). The highest BCUT2D eigenvalue weighted by Gasteiger charge is 2.25. The maximum absolute atomic E-state index is 2.46. The predicted octanol–water partition coefficient (Wildman–Crippen LogP) is 16.2. The second-order valence-corrected chi connectivity index (χ2v) is 18.6. The zero-order valence-electron chi connectivity index (χ0n) is 32.9. The smallest absolute Gasteiger partial charge is 0.00206 e. The van der Waals surface area contributed by atoms with Crippen LogP contribution in [0.4, 0.5) is 0 Å². The van der Waals surface area contributed by atoms with Crippen LogP contribution in [0.25, 0.3) is 120 Å². The predicted molar refractivity (Wildman–Crippen MR) is 244 cm³/mol. The minimum Gasteiger partial charge on any atom is -0.0616 e. The Morgan fingerprint density at radius 3 is 1.05 bits per heavy atom. The molecular formula is C56H42. The highest BCUT2D eigenvalue weighted by molar-refractivity contribution is 6.28. The lowest BCUT2D eigenvalue weighted by Crippen LogP contribution is -2.10. The first-order valence-corrected chi connectivity index (χ1v) is 20.2. The number of fused-ring (bicyclic) bond motifs is 3. The molecule has 0 aromatic heterocycles.